The number of hydrogen-bond donors (Lipinski definition) is 3. The fourth-order valence-electron chi connectivity index (χ4n) is 2.77. The molecule has 9 heteroatoms. The molecule has 0 amide bonds. The van der Waals surface area contributed by atoms with Crippen molar-refractivity contribution in [2.24, 2.45) is 0 Å². The van der Waals surface area contributed by atoms with Crippen molar-refractivity contribution >= 4 is 35.4 Å². The Kier molecular flexibility index (Phi) is 9.65. The molecule has 2 rings (SSSR count). The highest BCUT2D eigenvalue weighted by molar-refractivity contribution is 6.42. The number of nitriles is 1. The lowest BCUT2D eigenvalue weighted by Gasteiger charge is -2.10. The number of aromatic nitrogens is 2. The fourth-order valence-corrected chi connectivity index (χ4v) is 3.09. The first kappa shape index (κ1) is 22.9. The molecule has 1 aromatic carbocycles. The standard InChI is InChI=1S/C20H23Cl2N5O2/c21-16-7-6-14(11-17(16)22)13-25-20-26-18(12-24)15(19(28)27-20)5-3-1-2-4-9-29-10-8-23/h6-7,11-12,24H,1-5,9-10,13H2,(H2,25,26,27,28). The van der Waals surface area contributed by atoms with E-state index in [1.807, 2.05) is 12.1 Å². The second-order valence-electron chi connectivity index (χ2n) is 6.40. The van der Waals surface area contributed by atoms with Gasteiger partial charge >= 0.3 is 0 Å². The van der Waals surface area contributed by atoms with Gasteiger partial charge in [0, 0.05) is 24.9 Å². The Labute approximate surface area is 179 Å². The number of benzene rings is 1. The van der Waals surface area contributed by atoms with Gasteiger partial charge in [0.2, 0.25) is 5.95 Å². The van der Waals surface area contributed by atoms with Crippen LogP contribution >= 0.6 is 23.2 Å². The van der Waals surface area contributed by atoms with Crippen LogP contribution in [0.2, 0.25) is 10.0 Å². The average Bonchev–Trinajstić information content (AvgIpc) is 2.71. The molecule has 154 valence electrons. The van der Waals surface area contributed by atoms with E-state index in [2.05, 4.69) is 15.3 Å². The number of aromatic amines is 1. The number of H-pyrrole nitrogens is 1. The van der Waals surface area contributed by atoms with E-state index < -0.39 is 0 Å². The van der Waals surface area contributed by atoms with Gasteiger partial charge in [-0.05, 0) is 37.0 Å². The zero-order valence-electron chi connectivity index (χ0n) is 15.9. The van der Waals surface area contributed by atoms with Crippen molar-refractivity contribution in [3.8, 4) is 6.07 Å². The van der Waals surface area contributed by atoms with Crippen molar-refractivity contribution in [1.82, 2.24) is 9.97 Å². The number of rotatable bonds is 12. The molecule has 1 aromatic heterocycles. The lowest BCUT2D eigenvalue weighted by Crippen LogP contribution is -2.20. The van der Waals surface area contributed by atoms with Crippen molar-refractivity contribution in [2.45, 2.75) is 38.6 Å². The predicted octanol–water partition coefficient (Wildman–Crippen LogP) is 4.33. The second kappa shape index (κ2) is 12.2. The number of halogens is 2. The first-order valence-corrected chi connectivity index (χ1v) is 10.1. The molecule has 0 radical (unpaired) electrons. The lowest BCUT2D eigenvalue weighted by molar-refractivity contribution is 0.160. The molecule has 29 heavy (non-hydrogen) atoms. The van der Waals surface area contributed by atoms with Crippen molar-refractivity contribution in [1.29, 1.82) is 10.7 Å². The van der Waals surface area contributed by atoms with Gasteiger partial charge in [-0.3, -0.25) is 9.78 Å². The highest BCUT2D eigenvalue weighted by atomic mass is 35.5. The van der Waals surface area contributed by atoms with Gasteiger partial charge in [0.1, 0.15) is 6.61 Å². The van der Waals surface area contributed by atoms with E-state index >= 15 is 0 Å². The summed E-state index contributed by atoms with van der Waals surface area (Å²) in [5.41, 5.74) is 1.53. The Hall–Kier alpha value is -2.40. The van der Waals surface area contributed by atoms with E-state index in [-0.39, 0.29) is 12.2 Å². The Morgan fingerprint density at radius 1 is 1.24 bits per heavy atom. The molecule has 0 bridgehead atoms. The van der Waals surface area contributed by atoms with E-state index in [9.17, 15) is 4.79 Å². The van der Waals surface area contributed by atoms with Crippen LogP contribution in [0.15, 0.2) is 23.0 Å². The molecule has 0 atom stereocenters. The third kappa shape index (κ3) is 7.50. The summed E-state index contributed by atoms with van der Waals surface area (Å²) in [5, 5.41) is 20.0. The molecular weight excluding hydrogens is 413 g/mol. The van der Waals surface area contributed by atoms with E-state index in [0.29, 0.717) is 46.8 Å². The minimum atomic E-state index is -0.243. The maximum absolute atomic E-state index is 12.4. The van der Waals surface area contributed by atoms with E-state index in [1.54, 1.807) is 12.1 Å². The fraction of sp³-hybridized carbons (Fsp3) is 0.400. The Bertz CT molecular complexity index is 924. The molecule has 2 aromatic rings. The van der Waals surface area contributed by atoms with Crippen LogP contribution < -0.4 is 10.9 Å². The lowest BCUT2D eigenvalue weighted by atomic mass is 10.1. The summed E-state index contributed by atoms with van der Waals surface area (Å²) in [7, 11) is 0. The number of hydrogen-bond acceptors (Lipinski definition) is 6. The molecule has 0 unspecified atom stereocenters. The molecule has 7 nitrogen and oxygen atoms in total. The second-order valence-corrected chi connectivity index (χ2v) is 7.21. The third-order valence-corrected chi connectivity index (χ3v) is 5.00. The van der Waals surface area contributed by atoms with Crippen LogP contribution in [0.3, 0.4) is 0 Å². The summed E-state index contributed by atoms with van der Waals surface area (Å²) in [6, 6.07) is 7.21. The number of ether oxygens (including phenoxy) is 1. The molecule has 0 aliphatic rings. The molecular formula is C20H23Cl2N5O2. The van der Waals surface area contributed by atoms with Crippen LogP contribution in [0, 0.1) is 16.7 Å². The summed E-state index contributed by atoms with van der Waals surface area (Å²) in [4.78, 5) is 19.5. The van der Waals surface area contributed by atoms with Crippen LogP contribution in [-0.4, -0.2) is 29.4 Å². The topological polar surface area (TPSA) is 115 Å². The average molecular weight is 436 g/mol. The SMILES string of the molecule is N#CCOCCCCCCc1c(C=N)nc(NCc2ccc(Cl)c(Cl)c2)[nH]c1=O. The summed E-state index contributed by atoms with van der Waals surface area (Å²) < 4.78 is 5.11. The van der Waals surface area contributed by atoms with Crippen LogP contribution in [-0.2, 0) is 17.7 Å². The van der Waals surface area contributed by atoms with Crippen molar-refractivity contribution in [3.05, 3.63) is 55.4 Å². The molecule has 0 aliphatic carbocycles. The molecule has 1 heterocycles. The van der Waals surface area contributed by atoms with Crippen LogP contribution in [0.4, 0.5) is 5.95 Å². The van der Waals surface area contributed by atoms with Crippen molar-refractivity contribution < 1.29 is 4.74 Å². The van der Waals surface area contributed by atoms with Gasteiger partial charge in [-0.25, -0.2) is 4.98 Å². The largest absolute Gasteiger partial charge is 0.367 e. The number of unbranched alkanes of at least 4 members (excludes halogenated alkanes) is 3. The summed E-state index contributed by atoms with van der Waals surface area (Å²) >= 11 is 11.9. The summed E-state index contributed by atoms with van der Waals surface area (Å²) in [6.45, 7) is 1.10. The van der Waals surface area contributed by atoms with Gasteiger partial charge in [0.25, 0.3) is 5.56 Å². The predicted molar refractivity (Wildman–Crippen MR) is 115 cm³/mol. The van der Waals surface area contributed by atoms with Gasteiger partial charge < -0.3 is 15.5 Å². The molecule has 3 N–H and O–H groups in total. The Morgan fingerprint density at radius 3 is 2.76 bits per heavy atom. The minimum Gasteiger partial charge on any atom is -0.367 e. The zero-order valence-corrected chi connectivity index (χ0v) is 17.4. The normalized spacial score (nSPS) is 10.5. The maximum Gasteiger partial charge on any atom is 0.256 e. The quantitative estimate of drug-likeness (QED) is 0.339. The number of nitrogens with one attached hydrogen (secondary N) is 3. The zero-order chi connectivity index (χ0) is 21.1. The van der Waals surface area contributed by atoms with Crippen molar-refractivity contribution in [2.75, 3.05) is 18.5 Å². The van der Waals surface area contributed by atoms with Gasteiger partial charge in [0.15, 0.2) is 0 Å². The summed E-state index contributed by atoms with van der Waals surface area (Å²) in [5.74, 6) is 0.304. The first-order valence-electron chi connectivity index (χ1n) is 9.31. The maximum atomic E-state index is 12.4. The van der Waals surface area contributed by atoms with Gasteiger partial charge in [-0.15, -0.1) is 0 Å². The van der Waals surface area contributed by atoms with Crippen molar-refractivity contribution in [3.63, 3.8) is 0 Å². The van der Waals surface area contributed by atoms with Crippen LogP contribution in [0.1, 0.15) is 42.5 Å². The molecule has 0 fully saturated rings. The summed E-state index contributed by atoms with van der Waals surface area (Å²) in [6.07, 6.45) is 5.25. The van der Waals surface area contributed by atoms with Gasteiger partial charge in [-0.1, -0.05) is 42.1 Å². The molecule has 0 saturated carbocycles. The van der Waals surface area contributed by atoms with E-state index in [1.165, 1.54) is 0 Å². The van der Waals surface area contributed by atoms with Crippen LogP contribution in [0.5, 0.6) is 0 Å². The van der Waals surface area contributed by atoms with Gasteiger partial charge in [0.05, 0.1) is 21.8 Å². The smallest absolute Gasteiger partial charge is 0.256 e. The number of nitrogens with zero attached hydrogens (tertiary/aromatic N) is 2. The van der Waals surface area contributed by atoms with Gasteiger partial charge in [-0.2, -0.15) is 5.26 Å². The van der Waals surface area contributed by atoms with E-state index in [0.717, 1.165) is 37.5 Å². The third-order valence-electron chi connectivity index (χ3n) is 4.26. The first-order chi connectivity index (χ1) is 14.0. The Balaban J connectivity index is 1.89. The highest BCUT2D eigenvalue weighted by Crippen LogP contribution is 2.22. The van der Waals surface area contributed by atoms with E-state index in [4.69, 9.17) is 38.6 Å². The monoisotopic (exact) mass is 435 g/mol. The Morgan fingerprint density at radius 2 is 2.03 bits per heavy atom. The molecule has 0 spiro atoms. The molecule has 0 aliphatic heterocycles. The number of anilines is 1. The molecule has 0 saturated heterocycles. The highest BCUT2D eigenvalue weighted by Gasteiger charge is 2.10. The minimum absolute atomic E-state index is 0.120. The van der Waals surface area contributed by atoms with Crippen LogP contribution in [0.25, 0.3) is 0 Å².